The van der Waals surface area contributed by atoms with E-state index < -0.39 is 6.04 Å². The van der Waals surface area contributed by atoms with Crippen molar-refractivity contribution in [1.29, 1.82) is 0 Å². The molecule has 256 valence electrons. The van der Waals surface area contributed by atoms with Crippen molar-refractivity contribution in [2.75, 3.05) is 39.3 Å². The summed E-state index contributed by atoms with van der Waals surface area (Å²) in [6.07, 6.45) is 5.66. The number of likely N-dealkylation sites (tertiary alicyclic amines) is 3. The molecule has 5 heterocycles. The predicted molar refractivity (Wildman–Crippen MR) is 185 cm³/mol. The van der Waals surface area contributed by atoms with Crippen LogP contribution in [-0.2, 0) is 14.4 Å². The van der Waals surface area contributed by atoms with E-state index in [9.17, 15) is 14.7 Å². The Morgan fingerprint density at radius 1 is 1.02 bits per heavy atom. The molecule has 0 spiro atoms. The first kappa shape index (κ1) is 33.9. The van der Waals surface area contributed by atoms with E-state index in [1.165, 1.54) is 0 Å². The zero-order valence-electron chi connectivity index (χ0n) is 28.4. The number of aliphatic hydroxyl groups is 1. The van der Waals surface area contributed by atoms with E-state index >= 15 is 0 Å². The maximum absolute atomic E-state index is 14.1. The molecule has 6 rings (SSSR count). The van der Waals surface area contributed by atoms with Crippen LogP contribution < -0.4 is 5.32 Å². The minimum atomic E-state index is -0.477. The third-order valence-corrected chi connectivity index (χ3v) is 11.7. The summed E-state index contributed by atoms with van der Waals surface area (Å²) in [5.74, 6) is 1.21. The van der Waals surface area contributed by atoms with Crippen LogP contribution in [0.15, 0.2) is 34.9 Å². The van der Waals surface area contributed by atoms with Crippen molar-refractivity contribution in [3.63, 3.8) is 0 Å². The van der Waals surface area contributed by atoms with E-state index in [1.807, 2.05) is 19.4 Å². The molecule has 0 saturated carbocycles. The van der Waals surface area contributed by atoms with Gasteiger partial charge in [0.2, 0.25) is 11.8 Å². The molecule has 0 bridgehead atoms. The number of carbonyl (C=O) groups excluding carboxylic acids is 2. The predicted octanol–water partition coefficient (Wildman–Crippen LogP) is 4.83. The number of carbonyl (C=O) groups is 2. The monoisotopic (exact) mass is 664 g/mol. The van der Waals surface area contributed by atoms with Crippen LogP contribution in [0, 0.1) is 24.7 Å². The lowest BCUT2D eigenvalue weighted by molar-refractivity contribution is -0.147. The van der Waals surface area contributed by atoms with E-state index in [0.717, 1.165) is 92.4 Å². The molecule has 1 aromatic heterocycles. The number of benzene rings is 1. The van der Waals surface area contributed by atoms with Gasteiger partial charge < -0.3 is 30.0 Å². The molecule has 11 heteroatoms. The number of aliphatic hydroxyl groups excluding tert-OH is 1. The highest BCUT2D eigenvalue weighted by Gasteiger charge is 2.44. The van der Waals surface area contributed by atoms with Gasteiger partial charge in [-0.1, -0.05) is 43.3 Å². The quantitative estimate of drug-likeness (QED) is 0.395. The maximum atomic E-state index is 14.1. The Balaban J connectivity index is 1.01. The SMILES string of the molecule is Cc1ncsc1-c1ccc(C(C)NC(=O)C2CCCN2C(=O)C(C(C)C)C2CC(N3CCC(CN4CCC(O)CC4)CC3)=NO2)cc1. The number of aromatic nitrogens is 1. The number of piperidine rings is 2. The van der Waals surface area contributed by atoms with Crippen LogP contribution in [0.3, 0.4) is 0 Å². The van der Waals surface area contributed by atoms with Crippen molar-refractivity contribution >= 4 is 29.0 Å². The van der Waals surface area contributed by atoms with Crippen molar-refractivity contribution in [2.45, 2.75) is 96.9 Å². The molecular weight excluding hydrogens is 613 g/mol. The summed E-state index contributed by atoms with van der Waals surface area (Å²) in [7, 11) is 0. The molecular formula is C36H52N6O4S. The van der Waals surface area contributed by atoms with E-state index in [0.29, 0.717) is 25.3 Å². The Morgan fingerprint density at radius 2 is 1.74 bits per heavy atom. The van der Waals surface area contributed by atoms with Crippen molar-refractivity contribution in [3.8, 4) is 10.4 Å². The maximum Gasteiger partial charge on any atom is 0.243 e. The Kier molecular flexibility index (Phi) is 10.8. The number of rotatable bonds is 9. The summed E-state index contributed by atoms with van der Waals surface area (Å²) in [6, 6.07) is 7.63. The Morgan fingerprint density at radius 3 is 2.40 bits per heavy atom. The lowest BCUT2D eigenvalue weighted by Gasteiger charge is -2.37. The lowest BCUT2D eigenvalue weighted by Crippen LogP contribution is -2.51. The summed E-state index contributed by atoms with van der Waals surface area (Å²) >= 11 is 1.63. The largest absolute Gasteiger partial charge is 0.393 e. The van der Waals surface area contributed by atoms with Gasteiger partial charge in [0.15, 0.2) is 0 Å². The van der Waals surface area contributed by atoms with Crippen molar-refractivity contribution in [1.82, 2.24) is 25.0 Å². The average Bonchev–Trinajstić information content (AvgIpc) is 3.84. The first-order valence-corrected chi connectivity index (χ1v) is 18.5. The van der Waals surface area contributed by atoms with Gasteiger partial charge >= 0.3 is 0 Å². The number of aryl methyl sites for hydroxylation is 1. The van der Waals surface area contributed by atoms with Crippen molar-refractivity contribution in [3.05, 3.63) is 41.0 Å². The molecule has 2 N–H and O–H groups in total. The van der Waals surface area contributed by atoms with Gasteiger partial charge in [-0.05, 0) is 75.3 Å². The van der Waals surface area contributed by atoms with Gasteiger partial charge in [0, 0.05) is 45.7 Å². The Hall–Kier alpha value is -3.02. The number of hydrogen-bond acceptors (Lipinski definition) is 9. The van der Waals surface area contributed by atoms with Gasteiger partial charge in [-0.2, -0.15) is 0 Å². The summed E-state index contributed by atoms with van der Waals surface area (Å²) in [5.41, 5.74) is 5.03. The third kappa shape index (κ3) is 7.84. The van der Waals surface area contributed by atoms with E-state index in [-0.39, 0.29) is 41.9 Å². The number of thiazole rings is 1. The summed E-state index contributed by atoms with van der Waals surface area (Å²) in [4.78, 5) is 45.9. The van der Waals surface area contributed by atoms with E-state index in [4.69, 9.17) is 4.84 Å². The van der Waals surface area contributed by atoms with Gasteiger partial charge in [0.05, 0.1) is 34.1 Å². The van der Waals surface area contributed by atoms with E-state index in [2.05, 4.69) is 63.4 Å². The minimum absolute atomic E-state index is 0.00129. The average molecular weight is 665 g/mol. The van der Waals surface area contributed by atoms with Gasteiger partial charge in [-0.25, -0.2) is 4.98 Å². The fraction of sp³-hybridized carbons (Fsp3) is 0.667. The molecule has 4 atom stereocenters. The van der Waals surface area contributed by atoms with Crippen LogP contribution in [0.5, 0.6) is 0 Å². The summed E-state index contributed by atoms with van der Waals surface area (Å²) in [6.45, 7) is 13.7. The number of oxime groups is 1. The molecule has 2 amide bonds. The second-order valence-electron chi connectivity index (χ2n) is 14.4. The van der Waals surface area contributed by atoms with Crippen LogP contribution >= 0.6 is 11.3 Å². The van der Waals surface area contributed by atoms with Crippen LogP contribution in [0.1, 0.15) is 83.0 Å². The molecule has 2 aromatic rings. The normalized spacial score (nSPS) is 24.3. The topological polar surface area (TPSA) is 111 Å². The van der Waals surface area contributed by atoms with Crippen LogP contribution in [-0.4, -0.2) is 100.0 Å². The van der Waals surface area contributed by atoms with Crippen molar-refractivity contribution < 1.29 is 19.5 Å². The summed E-state index contributed by atoms with van der Waals surface area (Å²) in [5, 5.41) is 17.5. The molecule has 10 nitrogen and oxygen atoms in total. The van der Waals surface area contributed by atoms with E-state index in [1.54, 1.807) is 16.2 Å². The molecule has 4 aliphatic rings. The second-order valence-corrected chi connectivity index (χ2v) is 15.3. The van der Waals surface area contributed by atoms with Crippen LogP contribution in [0.2, 0.25) is 0 Å². The number of hydrogen-bond donors (Lipinski definition) is 2. The zero-order valence-corrected chi connectivity index (χ0v) is 29.3. The molecule has 3 fully saturated rings. The molecule has 4 aliphatic heterocycles. The first-order valence-electron chi connectivity index (χ1n) is 17.7. The number of amides is 2. The highest BCUT2D eigenvalue weighted by molar-refractivity contribution is 7.13. The zero-order chi connectivity index (χ0) is 33.1. The third-order valence-electron chi connectivity index (χ3n) is 10.7. The van der Waals surface area contributed by atoms with Gasteiger partial charge in [-0.3, -0.25) is 9.59 Å². The smallest absolute Gasteiger partial charge is 0.243 e. The molecule has 4 unspecified atom stereocenters. The second kappa shape index (κ2) is 15.0. The standard InChI is InChI=1S/C36H52N6O4S/c1-23(2)33(31-20-32(39-46-31)41-18-11-26(12-19-41)21-40-16-13-29(43)14-17-40)36(45)42-15-5-6-30(42)35(44)38-24(3)27-7-9-28(10-8-27)34-25(4)37-22-47-34/h7-10,22-24,26,29-31,33,43H,5-6,11-21H2,1-4H3,(H,38,44). The first-order chi connectivity index (χ1) is 22.7. The van der Waals surface area contributed by atoms with Gasteiger partial charge in [0.1, 0.15) is 18.0 Å². The number of amidine groups is 1. The number of nitrogens with zero attached hydrogens (tertiary/aromatic N) is 5. The molecule has 47 heavy (non-hydrogen) atoms. The fourth-order valence-corrected chi connectivity index (χ4v) is 8.68. The van der Waals surface area contributed by atoms with Gasteiger partial charge in [0.25, 0.3) is 0 Å². The van der Waals surface area contributed by atoms with Gasteiger partial charge in [-0.15, -0.1) is 11.3 Å². The molecule has 0 radical (unpaired) electrons. The highest BCUT2D eigenvalue weighted by atomic mass is 32.1. The Labute approximate surface area is 283 Å². The summed E-state index contributed by atoms with van der Waals surface area (Å²) < 4.78 is 0. The number of nitrogens with one attached hydrogen (secondary N) is 1. The van der Waals surface area contributed by atoms with Crippen molar-refractivity contribution in [2.24, 2.45) is 22.9 Å². The van der Waals surface area contributed by atoms with Crippen LogP contribution in [0.25, 0.3) is 10.4 Å². The lowest BCUT2D eigenvalue weighted by atomic mass is 9.86. The molecule has 1 aromatic carbocycles. The minimum Gasteiger partial charge on any atom is -0.393 e. The Bertz CT molecular complexity index is 1400. The van der Waals surface area contributed by atoms with Crippen LogP contribution in [0.4, 0.5) is 0 Å². The molecule has 3 saturated heterocycles. The fourth-order valence-electron chi connectivity index (χ4n) is 7.87. The highest BCUT2D eigenvalue weighted by Crippen LogP contribution is 2.33. The molecule has 0 aliphatic carbocycles.